The highest BCUT2D eigenvalue weighted by atomic mass is 79.9. The van der Waals surface area contributed by atoms with E-state index in [1.165, 1.54) is 0 Å². The fraction of sp³-hybridized carbons (Fsp3) is 0.250. The van der Waals surface area contributed by atoms with Crippen LogP contribution in [0.5, 0.6) is 0 Å². The first kappa shape index (κ1) is 18.7. The van der Waals surface area contributed by atoms with Crippen LogP contribution in [0, 0.1) is 11.3 Å². The van der Waals surface area contributed by atoms with Crippen LogP contribution in [0.1, 0.15) is 18.3 Å². The molecule has 134 valence electrons. The lowest BCUT2D eigenvalue weighted by molar-refractivity contribution is -0.141. The van der Waals surface area contributed by atoms with E-state index >= 15 is 0 Å². The Kier molecular flexibility index (Phi) is 4.94. The summed E-state index contributed by atoms with van der Waals surface area (Å²) in [6.45, 7) is 1.98. The van der Waals surface area contributed by atoms with Gasteiger partial charge in [-0.25, -0.2) is 15.0 Å². The molecule has 3 rings (SSSR count). The number of rotatable bonds is 3. The second-order valence-electron chi connectivity index (χ2n) is 5.24. The molecule has 5 nitrogen and oxygen atoms in total. The van der Waals surface area contributed by atoms with Crippen molar-refractivity contribution in [1.82, 2.24) is 19.5 Å². The molecule has 0 aromatic carbocycles. The molecule has 26 heavy (non-hydrogen) atoms. The Bertz CT molecular complexity index is 1040. The summed E-state index contributed by atoms with van der Waals surface area (Å²) in [5, 5.41) is 9.26. The summed E-state index contributed by atoms with van der Waals surface area (Å²) < 4.78 is 41.3. The average molecular weight is 442 g/mol. The minimum absolute atomic E-state index is 0.0515. The molecule has 0 atom stereocenters. The molecule has 0 aliphatic heterocycles. The molecule has 0 spiro atoms. The van der Waals surface area contributed by atoms with Gasteiger partial charge in [0.05, 0.1) is 5.52 Å². The number of imidazole rings is 1. The van der Waals surface area contributed by atoms with Crippen molar-refractivity contribution in [3.05, 3.63) is 34.2 Å². The monoisotopic (exact) mass is 441 g/mol. The van der Waals surface area contributed by atoms with Gasteiger partial charge in [0.2, 0.25) is 0 Å². The molecular formula is C16H11BrF3N5S. The molecule has 0 saturated heterocycles. The molecular weight excluding hydrogens is 431 g/mol. The Labute approximate surface area is 159 Å². The van der Waals surface area contributed by atoms with Crippen molar-refractivity contribution in [1.29, 1.82) is 5.26 Å². The predicted molar refractivity (Wildman–Crippen MR) is 95.6 cm³/mol. The van der Waals surface area contributed by atoms with Crippen LogP contribution in [0.15, 0.2) is 27.7 Å². The number of pyridine rings is 2. The summed E-state index contributed by atoms with van der Waals surface area (Å²) in [6, 6.07) is 6.24. The third-order valence-electron chi connectivity index (χ3n) is 3.58. The Hall–Kier alpha value is -2.12. The van der Waals surface area contributed by atoms with Gasteiger partial charge < -0.3 is 4.57 Å². The van der Waals surface area contributed by atoms with E-state index in [1.807, 2.05) is 13.0 Å². The van der Waals surface area contributed by atoms with E-state index in [4.69, 9.17) is 0 Å². The van der Waals surface area contributed by atoms with Crippen LogP contribution in [-0.2, 0) is 13.2 Å². The number of thioether (sulfide) groups is 1. The van der Waals surface area contributed by atoms with Crippen LogP contribution in [0.25, 0.3) is 22.6 Å². The predicted octanol–water partition coefficient (Wildman–Crippen LogP) is 4.80. The zero-order chi connectivity index (χ0) is 19.1. The highest BCUT2D eigenvalue weighted by molar-refractivity contribution is 9.10. The SMILES string of the molecule is CCSc1ccc(Br)nc1-c1nc2cc(C(F)(F)F)nc(C#N)c2n1C. The van der Waals surface area contributed by atoms with E-state index in [9.17, 15) is 18.4 Å². The van der Waals surface area contributed by atoms with Crippen LogP contribution in [0.3, 0.4) is 0 Å². The molecule has 0 N–H and O–H groups in total. The van der Waals surface area contributed by atoms with Crippen molar-refractivity contribution in [3.63, 3.8) is 0 Å². The fourth-order valence-electron chi connectivity index (χ4n) is 2.53. The standard InChI is InChI=1S/C16H11BrF3N5S/c1-3-26-10-4-5-12(17)24-13(10)15-23-8-6-11(16(18,19)20)22-9(7-21)14(8)25(15)2/h4-6H,3H2,1-2H3. The van der Waals surface area contributed by atoms with Crippen LogP contribution >= 0.6 is 27.7 Å². The average Bonchev–Trinajstić information content (AvgIpc) is 2.92. The van der Waals surface area contributed by atoms with Gasteiger partial charge in [-0.2, -0.15) is 18.4 Å². The van der Waals surface area contributed by atoms with Crippen molar-refractivity contribution < 1.29 is 13.2 Å². The second kappa shape index (κ2) is 6.89. The molecule has 0 aliphatic rings. The highest BCUT2D eigenvalue weighted by Gasteiger charge is 2.34. The van der Waals surface area contributed by atoms with Gasteiger partial charge >= 0.3 is 6.18 Å². The van der Waals surface area contributed by atoms with Crippen molar-refractivity contribution in [2.75, 3.05) is 5.75 Å². The maximum absolute atomic E-state index is 13.1. The summed E-state index contributed by atoms with van der Waals surface area (Å²) in [5.41, 5.74) is -0.643. The maximum Gasteiger partial charge on any atom is 0.433 e. The Morgan fingerprint density at radius 2 is 2.00 bits per heavy atom. The van der Waals surface area contributed by atoms with Gasteiger partial charge in [0.1, 0.15) is 27.6 Å². The molecule has 0 unspecified atom stereocenters. The van der Waals surface area contributed by atoms with Crippen molar-refractivity contribution in [3.8, 4) is 17.6 Å². The van der Waals surface area contributed by atoms with Crippen LogP contribution in [0.4, 0.5) is 13.2 Å². The van der Waals surface area contributed by atoms with Crippen molar-refractivity contribution in [2.24, 2.45) is 7.05 Å². The molecule has 0 saturated carbocycles. The summed E-state index contributed by atoms with van der Waals surface area (Å²) in [7, 11) is 1.63. The number of aryl methyl sites for hydroxylation is 1. The maximum atomic E-state index is 13.1. The minimum atomic E-state index is -4.66. The number of aromatic nitrogens is 4. The number of hydrogen-bond acceptors (Lipinski definition) is 5. The molecule has 10 heteroatoms. The molecule has 0 radical (unpaired) electrons. The molecule has 0 bridgehead atoms. The van der Waals surface area contributed by atoms with Gasteiger partial charge in [-0.15, -0.1) is 11.8 Å². The zero-order valence-electron chi connectivity index (χ0n) is 13.6. The van der Waals surface area contributed by atoms with E-state index in [0.717, 1.165) is 16.7 Å². The third kappa shape index (κ3) is 3.29. The molecule has 0 amide bonds. The topological polar surface area (TPSA) is 67.4 Å². The smallest absolute Gasteiger partial charge is 0.323 e. The van der Waals surface area contributed by atoms with E-state index in [1.54, 1.807) is 35.5 Å². The number of fused-ring (bicyclic) bond motifs is 1. The summed E-state index contributed by atoms with van der Waals surface area (Å²) in [5.74, 6) is 1.17. The normalized spacial score (nSPS) is 11.7. The first-order chi connectivity index (χ1) is 12.3. The zero-order valence-corrected chi connectivity index (χ0v) is 16.0. The van der Waals surface area contributed by atoms with E-state index in [0.29, 0.717) is 16.1 Å². The van der Waals surface area contributed by atoms with Crippen LogP contribution in [-0.4, -0.2) is 25.3 Å². The van der Waals surface area contributed by atoms with Gasteiger partial charge in [-0.1, -0.05) is 6.92 Å². The second-order valence-corrected chi connectivity index (χ2v) is 7.36. The number of nitrogens with zero attached hydrogens (tertiary/aromatic N) is 5. The van der Waals surface area contributed by atoms with Crippen molar-refractivity contribution >= 4 is 38.7 Å². The highest BCUT2D eigenvalue weighted by Crippen LogP contribution is 2.35. The number of hydrogen-bond donors (Lipinski definition) is 0. The Morgan fingerprint density at radius 3 is 2.62 bits per heavy atom. The lowest BCUT2D eigenvalue weighted by Crippen LogP contribution is -2.09. The van der Waals surface area contributed by atoms with E-state index in [2.05, 4.69) is 30.9 Å². The lowest BCUT2D eigenvalue weighted by Gasteiger charge is -2.08. The first-order valence-electron chi connectivity index (χ1n) is 7.40. The van der Waals surface area contributed by atoms with Crippen molar-refractivity contribution in [2.45, 2.75) is 18.0 Å². The third-order valence-corrected chi connectivity index (χ3v) is 4.96. The Balaban J connectivity index is 2.32. The molecule has 3 aromatic rings. The summed E-state index contributed by atoms with van der Waals surface area (Å²) in [4.78, 5) is 13.1. The lowest BCUT2D eigenvalue weighted by atomic mass is 10.2. The number of alkyl halides is 3. The molecule has 3 aromatic heterocycles. The van der Waals surface area contributed by atoms with E-state index < -0.39 is 11.9 Å². The van der Waals surface area contributed by atoms with Gasteiger partial charge in [-0.3, -0.25) is 0 Å². The largest absolute Gasteiger partial charge is 0.433 e. The van der Waals surface area contributed by atoms with Crippen LogP contribution < -0.4 is 0 Å². The van der Waals surface area contributed by atoms with Gasteiger partial charge in [0, 0.05) is 11.9 Å². The van der Waals surface area contributed by atoms with Gasteiger partial charge in [0.25, 0.3) is 0 Å². The minimum Gasteiger partial charge on any atom is -0.323 e. The summed E-state index contributed by atoms with van der Waals surface area (Å²) in [6.07, 6.45) is -4.66. The van der Waals surface area contributed by atoms with E-state index in [-0.39, 0.29) is 16.7 Å². The summed E-state index contributed by atoms with van der Waals surface area (Å²) >= 11 is 4.85. The quantitative estimate of drug-likeness (QED) is 0.431. The molecule has 3 heterocycles. The molecule has 0 aliphatic carbocycles. The molecule has 0 fully saturated rings. The fourth-order valence-corrected chi connectivity index (χ4v) is 3.58. The van der Waals surface area contributed by atoms with Gasteiger partial charge in [0.15, 0.2) is 11.5 Å². The van der Waals surface area contributed by atoms with Gasteiger partial charge in [-0.05, 0) is 39.9 Å². The Morgan fingerprint density at radius 1 is 1.27 bits per heavy atom. The number of nitriles is 1. The van der Waals surface area contributed by atoms with Crippen LogP contribution in [0.2, 0.25) is 0 Å². The number of halogens is 4. The first-order valence-corrected chi connectivity index (χ1v) is 9.18.